The topological polar surface area (TPSA) is 102 Å². The molecular weight excluding hydrogens is 428 g/mol. The number of carbonyl (C=O) groups excluding carboxylic acids is 2. The molecule has 0 saturated carbocycles. The van der Waals surface area contributed by atoms with Gasteiger partial charge in [0.1, 0.15) is 0 Å². The summed E-state index contributed by atoms with van der Waals surface area (Å²) in [5.41, 5.74) is 6.13. The van der Waals surface area contributed by atoms with E-state index in [4.69, 9.17) is 4.74 Å². The highest BCUT2D eigenvalue weighted by Gasteiger charge is 2.20. The normalized spacial score (nSPS) is 15.6. The highest BCUT2D eigenvalue weighted by atomic mass is 32.2. The van der Waals surface area contributed by atoms with Gasteiger partial charge in [-0.1, -0.05) is 54.2 Å². The Balaban J connectivity index is 1.40. The van der Waals surface area contributed by atoms with Crippen LogP contribution in [-0.4, -0.2) is 39.8 Å². The lowest BCUT2D eigenvalue weighted by molar-refractivity contribution is -0.127. The number of nitrogens with one attached hydrogen (secondary N) is 2. The van der Waals surface area contributed by atoms with Crippen molar-refractivity contribution in [2.45, 2.75) is 37.1 Å². The maximum absolute atomic E-state index is 13.1. The van der Waals surface area contributed by atoms with Crippen LogP contribution in [0.3, 0.4) is 0 Å². The molecule has 0 bridgehead atoms. The lowest BCUT2D eigenvalue weighted by atomic mass is 10.1. The standard InChI is InChI=1S/C23H24N4O4S/c28-20(13-16-7-2-1-3-8-16)25-26-21(29)15-32-23-24-19-11-5-4-10-18(19)22(30)27(23)14-17-9-6-12-31-17/h1-5,7-8,10-11,17H,6,9,12-15H2,(H,25,28)(H,26,29)/t17-/m0/s1. The smallest absolute Gasteiger partial charge is 0.262 e. The number of thioether (sulfide) groups is 1. The fourth-order valence-electron chi connectivity index (χ4n) is 3.54. The molecule has 3 aromatic rings. The van der Waals surface area contributed by atoms with Crippen LogP contribution in [0.25, 0.3) is 10.9 Å². The Morgan fingerprint density at radius 2 is 1.81 bits per heavy atom. The quantitative estimate of drug-likeness (QED) is 0.323. The van der Waals surface area contributed by atoms with Gasteiger partial charge >= 0.3 is 0 Å². The predicted octanol–water partition coefficient (Wildman–Crippen LogP) is 2.06. The first-order valence-electron chi connectivity index (χ1n) is 10.5. The summed E-state index contributed by atoms with van der Waals surface area (Å²) < 4.78 is 7.28. The Hall–Kier alpha value is -3.17. The summed E-state index contributed by atoms with van der Waals surface area (Å²) in [4.78, 5) is 42.0. The second-order valence-electron chi connectivity index (χ2n) is 7.51. The Bertz CT molecular complexity index is 1160. The molecule has 0 radical (unpaired) electrons. The number of nitrogens with zero attached hydrogens (tertiary/aromatic N) is 2. The number of carbonyl (C=O) groups is 2. The zero-order valence-electron chi connectivity index (χ0n) is 17.5. The molecule has 1 aromatic heterocycles. The van der Waals surface area contributed by atoms with Gasteiger partial charge in [-0.05, 0) is 30.5 Å². The summed E-state index contributed by atoms with van der Waals surface area (Å²) in [5.74, 6) is -0.696. The first kappa shape index (κ1) is 22.0. The summed E-state index contributed by atoms with van der Waals surface area (Å²) in [5, 5.41) is 0.988. The molecule has 2 heterocycles. The van der Waals surface area contributed by atoms with Crippen LogP contribution in [0.2, 0.25) is 0 Å². The lowest BCUT2D eigenvalue weighted by Gasteiger charge is -2.16. The van der Waals surface area contributed by atoms with Crippen LogP contribution in [0.5, 0.6) is 0 Å². The molecule has 1 fully saturated rings. The van der Waals surface area contributed by atoms with Gasteiger partial charge in [-0.25, -0.2) is 4.98 Å². The van der Waals surface area contributed by atoms with Gasteiger partial charge in [-0.2, -0.15) is 0 Å². The highest BCUT2D eigenvalue weighted by molar-refractivity contribution is 7.99. The van der Waals surface area contributed by atoms with Gasteiger partial charge in [0.05, 0.1) is 35.7 Å². The molecule has 2 aromatic carbocycles. The van der Waals surface area contributed by atoms with E-state index >= 15 is 0 Å². The van der Waals surface area contributed by atoms with Gasteiger partial charge in [-0.3, -0.25) is 29.8 Å². The van der Waals surface area contributed by atoms with Crippen LogP contribution < -0.4 is 16.4 Å². The average molecular weight is 453 g/mol. The number of amides is 2. The monoisotopic (exact) mass is 452 g/mol. The number of hydrogen-bond donors (Lipinski definition) is 2. The molecule has 2 amide bonds. The number of para-hydroxylation sites is 1. The molecule has 4 rings (SSSR count). The minimum atomic E-state index is -0.387. The van der Waals surface area contributed by atoms with E-state index in [2.05, 4.69) is 15.8 Å². The molecule has 1 aliphatic heterocycles. The van der Waals surface area contributed by atoms with Gasteiger partial charge in [0.15, 0.2) is 5.16 Å². The summed E-state index contributed by atoms with van der Waals surface area (Å²) in [6.07, 6.45) is 1.98. The number of fused-ring (bicyclic) bond motifs is 1. The fraction of sp³-hybridized carbons (Fsp3) is 0.304. The number of rotatable bonds is 7. The van der Waals surface area contributed by atoms with Crippen LogP contribution in [0.4, 0.5) is 0 Å². The van der Waals surface area contributed by atoms with Gasteiger partial charge in [0.2, 0.25) is 11.8 Å². The van der Waals surface area contributed by atoms with Crippen molar-refractivity contribution in [3.8, 4) is 0 Å². The zero-order chi connectivity index (χ0) is 22.3. The fourth-order valence-corrected chi connectivity index (χ4v) is 4.35. The second kappa shape index (κ2) is 10.4. The molecule has 0 spiro atoms. The van der Waals surface area contributed by atoms with Crippen molar-refractivity contribution in [1.82, 2.24) is 20.4 Å². The minimum absolute atomic E-state index is 0.00191. The van der Waals surface area contributed by atoms with Gasteiger partial charge in [-0.15, -0.1) is 0 Å². The molecule has 1 saturated heterocycles. The molecule has 0 unspecified atom stereocenters. The highest BCUT2D eigenvalue weighted by Crippen LogP contribution is 2.20. The molecule has 9 heteroatoms. The van der Waals surface area contributed by atoms with Crippen LogP contribution in [0, 0.1) is 0 Å². The predicted molar refractivity (Wildman–Crippen MR) is 122 cm³/mol. The van der Waals surface area contributed by atoms with Crippen molar-refractivity contribution in [2.24, 2.45) is 0 Å². The Labute approximate surface area is 189 Å². The maximum atomic E-state index is 13.1. The van der Waals surface area contributed by atoms with Crippen molar-refractivity contribution >= 4 is 34.5 Å². The molecule has 2 N–H and O–H groups in total. The largest absolute Gasteiger partial charge is 0.376 e. The van der Waals surface area contributed by atoms with E-state index in [1.54, 1.807) is 22.8 Å². The summed E-state index contributed by atoms with van der Waals surface area (Å²) >= 11 is 1.16. The third-order valence-corrected chi connectivity index (χ3v) is 6.09. The molecule has 1 atom stereocenters. The van der Waals surface area contributed by atoms with Crippen molar-refractivity contribution in [3.63, 3.8) is 0 Å². The van der Waals surface area contributed by atoms with Crippen molar-refractivity contribution in [2.75, 3.05) is 12.4 Å². The van der Waals surface area contributed by atoms with Crippen LogP contribution >= 0.6 is 11.8 Å². The third kappa shape index (κ3) is 5.54. The van der Waals surface area contributed by atoms with E-state index in [9.17, 15) is 14.4 Å². The first-order valence-corrected chi connectivity index (χ1v) is 11.4. The Kier molecular flexibility index (Phi) is 7.18. The van der Waals surface area contributed by atoms with Crippen molar-refractivity contribution in [3.05, 3.63) is 70.5 Å². The number of ether oxygens (including phenoxy) is 1. The molecule has 32 heavy (non-hydrogen) atoms. The van der Waals surface area contributed by atoms with E-state index in [1.165, 1.54) is 0 Å². The van der Waals surface area contributed by atoms with Gasteiger partial charge < -0.3 is 4.74 Å². The zero-order valence-corrected chi connectivity index (χ0v) is 18.3. The summed E-state index contributed by atoms with van der Waals surface area (Å²) in [7, 11) is 0. The van der Waals surface area contributed by atoms with Crippen LogP contribution in [0.1, 0.15) is 18.4 Å². The molecular formula is C23H24N4O4S. The van der Waals surface area contributed by atoms with E-state index in [1.807, 2.05) is 36.4 Å². The molecule has 8 nitrogen and oxygen atoms in total. The van der Waals surface area contributed by atoms with E-state index < -0.39 is 0 Å². The molecule has 1 aliphatic rings. The van der Waals surface area contributed by atoms with Crippen LogP contribution in [-0.2, 0) is 27.3 Å². The number of aromatic nitrogens is 2. The number of hydrogen-bond acceptors (Lipinski definition) is 6. The minimum Gasteiger partial charge on any atom is -0.376 e. The lowest BCUT2D eigenvalue weighted by Crippen LogP contribution is -2.43. The van der Waals surface area contributed by atoms with Crippen molar-refractivity contribution in [1.29, 1.82) is 0 Å². The molecule has 166 valence electrons. The molecule has 0 aliphatic carbocycles. The second-order valence-corrected chi connectivity index (χ2v) is 8.45. The first-order chi connectivity index (χ1) is 15.6. The van der Waals surface area contributed by atoms with E-state index in [0.717, 1.165) is 30.2 Å². The Morgan fingerprint density at radius 1 is 1.06 bits per heavy atom. The maximum Gasteiger partial charge on any atom is 0.262 e. The Morgan fingerprint density at radius 3 is 2.59 bits per heavy atom. The summed E-state index contributed by atoms with van der Waals surface area (Å²) in [6.45, 7) is 1.09. The van der Waals surface area contributed by atoms with Gasteiger partial charge in [0, 0.05) is 6.61 Å². The average Bonchev–Trinajstić information content (AvgIpc) is 3.32. The van der Waals surface area contributed by atoms with Crippen LogP contribution in [0.15, 0.2) is 64.5 Å². The van der Waals surface area contributed by atoms with E-state index in [-0.39, 0.29) is 35.7 Å². The number of hydrazine groups is 1. The van der Waals surface area contributed by atoms with Gasteiger partial charge in [0.25, 0.3) is 5.56 Å². The van der Waals surface area contributed by atoms with E-state index in [0.29, 0.717) is 29.2 Å². The SMILES string of the molecule is O=C(CSc1nc2ccccc2c(=O)n1C[C@@H]1CCCO1)NNC(=O)Cc1ccccc1. The van der Waals surface area contributed by atoms with Crippen molar-refractivity contribution < 1.29 is 14.3 Å². The number of benzene rings is 2. The summed E-state index contributed by atoms with van der Waals surface area (Å²) in [6, 6.07) is 16.4. The third-order valence-electron chi connectivity index (χ3n) is 5.12.